The monoisotopic (exact) mass is 223 g/mol. The summed E-state index contributed by atoms with van der Waals surface area (Å²) in [7, 11) is 1.35. The lowest BCUT2D eigenvalue weighted by Crippen LogP contribution is -2.06. The fourth-order valence-electron chi connectivity index (χ4n) is 1.77. The fraction of sp³-hybridized carbons (Fsp3) is 0.364. The molecule has 0 aliphatic heterocycles. The Morgan fingerprint density at radius 3 is 2.62 bits per heavy atom. The van der Waals surface area contributed by atoms with Crippen LogP contribution in [-0.4, -0.2) is 23.3 Å². The highest BCUT2D eigenvalue weighted by Crippen LogP contribution is 2.49. The molecule has 16 heavy (non-hydrogen) atoms. The van der Waals surface area contributed by atoms with Crippen LogP contribution in [0.15, 0.2) is 6.07 Å². The Morgan fingerprint density at radius 1 is 1.56 bits per heavy atom. The first-order valence-corrected chi connectivity index (χ1v) is 4.98. The third-order valence-electron chi connectivity index (χ3n) is 2.77. The van der Waals surface area contributed by atoms with Crippen LogP contribution in [0, 0.1) is 0 Å². The van der Waals surface area contributed by atoms with Gasteiger partial charge in [-0.05, 0) is 24.8 Å². The maximum Gasteiger partial charge on any atom is 0.337 e. The quantitative estimate of drug-likeness (QED) is 0.676. The number of carbonyl (C=O) groups is 1. The third kappa shape index (κ3) is 1.54. The molecule has 4 N–H and O–H groups in total. The first-order chi connectivity index (χ1) is 7.56. The molecule has 86 valence electrons. The molecule has 1 fully saturated rings. The summed E-state index contributed by atoms with van der Waals surface area (Å²) in [6, 6.07) is 1.44. The van der Waals surface area contributed by atoms with Crippen LogP contribution in [0.1, 0.15) is 34.7 Å². The number of benzene rings is 1. The van der Waals surface area contributed by atoms with E-state index < -0.39 is 5.97 Å². The predicted molar refractivity (Wildman–Crippen MR) is 58.0 cm³/mol. The predicted octanol–water partition coefficient (Wildman–Crippen LogP) is 1.56. The van der Waals surface area contributed by atoms with E-state index in [1.807, 2.05) is 0 Å². The maximum atomic E-state index is 11.0. The van der Waals surface area contributed by atoms with Crippen LogP contribution in [-0.2, 0) is 0 Å². The molecule has 0 heterocycles. The van der Waals surface area contributed by atoms with E-state index in [4.69, 9.17) is 15.6 Å². The van der Waals surface area contributed by atoms with Crippen molar-refractivity contribution in [2.24, 2.45) is 0 Å². The van der Waals surface area contributed by atoms with Gasteiger partial charge in [0.15, 0.2) is 11.5 Å². The van der Waals surface area contributed by atoms with Gasteiger partial charge in [0.1, 0.15) is 0 Å². The van der Waals surface area contributed by atoms with Crippen molar-refractivity contribution in [2.75, 3.05) is 12.8 Å². The number of carboxylic acids is 1. The lowest BCUT2D eigenvalue weighted by atomic mass is 10.0. The molecule has 1 aromatic rings. The zero-order valence-electron chi connectivity index (χ0n) is 8.86. The molecule has 1 aliphatic rings. The van der Waals surface area contributed by atoms with Gasteiger partial charge in [-0.2, -0.15) is 0 Å². The minimum atomic E-state index is -1.11. The zero-order chi connectivity index (χ0) is 11.9. The number of anilines is 1. The number of methoxy groups -OCH3 is 1. The van der Waals surface area contributed by atoms with Gasteiger partial charge in [-0.25, -0.2) is 4.79 Å². The number of nitrogen functional groups attached to an aromatic ring is 1. The Bertz CT molecular complexity index is 452. The molecule has 0 unspecified atom stereocenters. The van der Waals surface area contributed by atoms with Crippen molar-refractivity contribution >= 4 is 11.7 Å². The number of carboxylic acid groups (broad SMARTS) is 1. The van der Waals surface area contributed by atoms with Crippen molar-refractivity contribution in [1.29, 1.82) is 0 Å². The van der Waals surface area contributed by atoms with Crippen LogP contribution >= 0.6 is 0 Å². The molecule has 0 aromatic heterocycles. The Hall–Kier alpha value is -1.91. The molecular weight excluding hydrogens is 210 g/mol. The van der Waals surface area contributed by atoms with E-state index in [0.29, 0.717) is 5.56 Å². The number of nitrogens with two attached hydrogens (primary N) is 1. The number of aromatic hydroxyl groups is 1. The Morgan fingerprint density at radius 2 is 2.19 bits per heavy atom. The van der Waals surface area contributed by atoms with Gasteiger partial charge in [0, 0.05) is 5.56 Å². The molecule has 1 saturated carbocycles. The molecule has 0 saturated heterocycles. The smallest absolute Gasteiger partial charge is 0.337 e. The Labute approximate surface area is 92.5 Å². The second kappa shape index (κ2) is 3.59. The number of aromatic carboxylic acids is 1. The molecule has 5 nitrogen and oxygen atoms in total. The molecule has 2 rings (SSSR count). The van der Waals surface area contributed by atoms with Gasteiger partial charge in [0.05, 0.1) is 18.4 Å². The van der Waals surface area contributed by atoms with E-state index in [2.05, 4.69) is 0 Å². The van der Waals surface area contributed by atoms with Gasteiger partial charge in [-0.3, -0.25) is 0 Å². The van der Waals surface area contributed by atoms with E-state index >= 15 is 0 Å². The van der Waals surface area contributed by atoms with E-state index in [-0.39, 0.29) is 28.7 Å². The summed E-state index contributed by atoms with van der Waals surface area (Å²) in [5.41, 5.74) is 6.19. The average Bonchev–Trinajstić information content (AvgIpc) is 3.02. The molecule has 5 heteroatoms. The van der Waals surface area contributed by atoms with Gasteiger partial charge in [-0.1, -0.05) is 0 Å². The standard InChI is InChI=1S/C11H13NO4/c1-16-10-8(12)7(11(14)15)4-6(9(10)13)5-2-3-5/h4-5,13H,2-3,12H2,1H3,(H,14,15). The molecule has 0 bridgehead atoms. The van der Waals surface area contributed by atoms with Crippen molar-refractivity contribution in [3.63, 3.8) is 0 Å². The van der Waals surface area contributed by atoms with E-state index in [1.165, 1.54) is 13.2 Å². The number of phenolic OH excluding ortho intramolecular Hbond substituents is 1. The molecule has 0 radical (unpaired) electrons. The highest BCUT2D eigenvalue weighted by atomic mass is 16.5. The first-order valence-electron chi connectivity index (χ1n) is 4.98. The minimum Gasteiger partial charge on any atom is -0.504 e. The van der Waals surface area contributed by atoms with E-state index in [1.54, 1.807) is 0 Å². The van der Waals surface area contributed by atoms with Crippen LogP contribution in [0.4, 0.5) is 5.69 Å². The van der Waals surface area contributed by atoms with Gasteiger partial charge in [0.2, 0.25) is 0 Å². The highest BCUT2D eigenvalue weighted by molar-refractivity contribution is 5.96. The number of phenols is 1. The molecular formula is C11H13NO4. The van der Waals surface area contributed by atoms with E-state index in [9.17, 15) is 9.90 Å². The summed E-state index contributed by atoms with van der Waals surface area (Å²) in [5.74, 6) is -0.861. The second-order valence-electron chi connectivity index (χ2n) is 3.89. The number of hydrogen-bond acceptors (Lipinski definition) is 4. The normalized spacial score (nSPS) is 14.8. The average molecular weight is 223 g/mol. The van der Waals surface area contributed by atoms with Crippen molar-refractivity contribution in [1.82, 2.24) is 0 Å². The van der Waals surface area contributed by atoms with Crippen molar-refractivity contribution in [2.45, 2.75) is 18.8 Å². The zero-order valence-corrected chi connectivity index (χ0v) is 8.86. The lowest BCUT2D eigenvalue weighted by Gasteiger charge is -2.13. The van der Waals surface area contributed by atoms with Crippen LogP contribution in [0.25, 0.3) is 0 Å². The summed E-state index contributed by atoms with van der Waals surface area (Å²) >= 11 is 0. The van der Waals surface area contributed by atoms with Crippen LogP contribution in [0.3, 0.4) is 0 Å². The molecule has 0 amide bonds. The fourth-order valence-corrected chi connectivity index (χ4v) is 1.77. The number of hydrogen-bond donors (Lipinski definition) is 3. The largest absolute Gasteiger partial charge is 0.504 e. The lowest BCUT2D eigenvalue weighted by molar-refractivity contribution is 0.0697. The van der Waals surface area contributed by atoms with E-state index in [0.717, 1.165) is 12.8 Å². The van der Waals surface area contributed by atoms with Gasteiger partial charge in [0.25, 0.3) is 0 Å². The first kappa shape index (κ1) is 10.6. The Kier molecular flexibility index (Phi) is 2.38. The van der Waals surface area contributed by atoms with Gasteiger partial charge in [-0.15, -0.1) is 0 Å². The van der Waals surface area contributed by atoms with Crippen LogP contribution in [0.5, 0.6) is 11.5 Å². The van der Waals surface area contributed by atoms with Crippen molar-refractivity contribution in [3.8, 4) is 11.5 Å². The topological polar surface area (TPSA) is 92.8 Å². The third-order valence-corrected chi connectivity index (χ3v) is 2.77. The summed E-state index contributed by atoms with van der Waals surface area (Å²) in [4.78, 5) is 11.0. The summed E-state index contributed by atoms with van der Waals surface area (Å²) in [6.45, 7) is 0. The molecule has 0 atom stereocenters. The molecule has 0 spiro atoms. The summed E-state index contributed by atoms with van der Waals surface area (Å²) < 4.78 is 4.95. The van der Waals surface area contributed by atoms with Crippen LogP contribution < -0.4 is 10.5 Å². The van der Waals surface area contributed by atoms with Crippen LogP contribution in [0.2, 0.25) is 0 Å². The van der Waals surface area contributed by atoms with Gasteiger partial charge >= 0.3 is 5.97 Å². The minimum absolute atomic E-state index is 0.0171. The summed E-state index contributed by atoms with van der Waals surface area (Å²) in [6.07, 6.45) is 1.92. The molecule has 1 aliphatic carbocycles. The highest BCUT2D eigenvalue weighted by Gasteiger charge is 2.30. The maximum absolute atomic E-state index is 11.0. The SMILES string of the molecule is COc1c(N)c(C(=O)O)cc(C2CC2)c1O. The molecule has 1 aromatic carbocycles. The Balaban J connectivity index is 2.63. The van der Waals surface area contributed by atoms with Crippen molar-refractivity contribution in [3.05, 3.63) is 17.2 Å². The number of rotatable bonds is 3. The second-order valence-corrected chi connectivity index (χ2v) is 3.89. The van der Waals surface area contributed by atoms with Crippen molar-refractivity contribution < 1.29 is 19.7 Å². The summed E-state index contributed by atoms with van der Waals surface area (Å²) in [5, 5.41) is 18.9. The van der Waals surface area contributed by atoms with Gasteiger partial charge < -0.3 is 20.7 Å². The number of ether oxygens (including phenoxy) is 1.